The molecule has 0 aliphatic carbocycles. The molecule has 0 aliphatic heterocycles. The summed E-state index contributed by atoms with van der Waals surface area (Å²) in [6.07, 6.45) is 1.24. The maximum Gasteiger partial charge on any atom is 0.406 e. The lowest BCUT2D eigenvalue weighted by Gasteiger charge is -2.25. The lowest BCUT2D eigenvalue weighted by molar-refractivity contribution is -0.150. The number of unbranched alkanes of at least 4 members (excludes halogenated alkanes) is 2. The van der Waals surface area contributed by atoms with E-state index in [2.05, 4.69) is 26.0 Å². The molecule has 0 radical (unpaired) electrons. The zero-order valence-electron chi connectivity index (χ0n) is 46.2. The highest BCUT2D eigenvalue weighted by Gasteiger charge is 2.35. The molecule has 19 nitrogen and oxygen atoms in total. The number of nitrogens with zero attached hydrogens (tertiary/aromatic N) is 1. The molecule has 5 aromatic carbocycles. The third-order valence-electron chi connectivity index (χ3n) is 12.6. The van der Waals surface area contributed by atoms with E-state index in [9.17, 15) is 42.5 Å². The maximum atomic E-state index is 14.8. The maximum absolute atomic E-state index is 14.8. The average Bonchev–Trinajstić information content (AvgIpc) is 3.71. The zero-order chi connectivity index (χ0) is 59.8. The van der Waals surface area contributed by atoms with Gasteiger partial charge < -0.3 is 34.9 Å². The zero-order valence-corrected chi connectivity index (χ0v) is 47.9. The van der Waals surface area contributed by atoms with Crippen molar-refractivity contribution in [3.63, 3.8) is 0 Å². The molecular formula is C62H68ClFN5O14P. The molecule has 0 aliphatic rings. The molecule has 3 amide bonds. The minimum atomic E-state index is -4.49. The number of nitrogens with one attached hydrogen (secondary N) is 4. The van der Waals surface area contributed by atoms with Crippen molar-refractivity contribution in [1.82, 2.24) is 26.0 Å². The van der Waals surface area contributed by atoms with Crippen LogP contribution < -0.4 is 21.0 Å². The van der Waals surface area contributed by atoms with Crippen molar-refractivity contribution in [3.8, 4) is 0 Å². The molecule has 22 heteroatoms. The van der Waals surface area contributed by atoms with Gasteiger partial charge in [-0.1, -0.05) is 170 Å². The second-order valence-corrected chi connectivity index (χ2v) is 21.4. The van der Waals surface area contributed by atoms with E-state index in [0.717, 1.165) is 11.8 Å². The molecule has 0 bridgehead atoms. The molecule has 0 saturated carbocycles. The summed E-state index contributed by atoms with van der Waals surface area (Å²) >= 11 is 5.75. The van der Waals surface area contributed by atoms with Gasteiger partial charge in [-0.25, -0.2) is 24.2 Å². The molecule has 0 saturated heterocycles. The van der Waals surface area contributed by atoms with Crippen LogP contribution in [0, 0.1) is 5.95 Å². The SMILES string of the molecule is O=C(CC[C@H](NC(=O)CCCCCNC(=O)c1cnc(F)c(Cl)c1)C(=O)OCc1ccccc1)N[C@@H](CCCOP(=O)(N[C@@H](CCC(=O)OCc1ccccc1)C(=O)OCc1ccccc1)OCc1ccccc1)C(=O)OCc1ccccc1. The fourth-order valence-corrected chi connectivity index (χ4v) is 9.74. The molecule has 444 valence electrons. The number of pyridine rings is 1. The summed E-state index contributed by atoms with van der Waals surface area (Å²) in [5.41, 5.74) is 3.51. The molecule has 4 N–H and O–H groups in total. The quantitative estimate of drug-likeness (QED) is 0.00939. The van der Waals surface area contributed by atoms with Gasteiger partial charge in [-0.2, -0.15) is 4.39 Å². The first-order valence-electron chi connectivity index (χ1n) is 27.4. The van der Waals surface area contributed by atoms with E-state index >= 15 is 0 Å². The summed E-state index contributed by atoms with van der Waals surface area (Å²) in [5, 5.41) is 10.5. The number of halogens is 2. The van der Waals surface area contributed by atoms with Crippen molar-refractivity contribution in [2.75, 3.05) is 13.2 Å². The van der Waals surface area contributed by atoms with Crippen molar-refractivity contribution in [1.29, 1.82) is 0 Å². The lowest BCUT2D eigenvalue weighted by Crippen LogP contribution is -2.45. The Morgan fingerprint density at radius 3 is 1.44 bits per heavy atom. The van der Waals surface area contributed by atoms with E-state index in [1.807, 2.05) is 12.1 Å². The Kier molecular flexibility index (Phi) is 27.7. The van der Waals surface area contributed by atoms with Gasteiger partial charge in [0.15, 0.2) is 0 Å². The van der Waals surface area contributed by atoms with Gasteiger partial charge in [0.1, 0.15) is 44.6 Å². The highest BCUT2D eigenvalue weighted by molar-refractivity contribution is 7.51. The van der Waals surface area contributed by atoms with Crippen LogP contribution in [0.15, 0.2) is 164 Å². The topological polar surface area (TPSA) is 253 Å². The molecule has 6 aromatic rings. The van der Waals surface area contributed by atoms with Crippen LogP contribution in [0.4, 0.5) is 4.39 Å². The smallest absolute Gasteiger partial charge is 0.406 e. The van der Waals surface area contributed by atoms with E-state index in [0.29, 0.717) is 41.5 Å². The van der Waals surface area contributed by atoms with Crippen molar-refractivity contribution in [2.45, 2.75) is 115 Å². The number of esters is 4. The van der Waals surface area contributed by atoms with Crippen LogP contribution >= 0.6 is 19.3 Å². The number of rotatable bonds is 36. The Balaban J connectivity index is 1.09. The number of benzene rings is 5. The summed E-state index contributed by atoms with van der Waals surface area (Å²) < 4.78 is 62.4. The summed E-state index contributed by atoms with van der Waals surface area (Å²) in [7, 11) is -4.49. The first kappa shape index (κ1) is 65.0. The molecule has 4 atom stereocenters. The lowest BCUT2D eigenvalue weighted by atomic mass is 10.1. The average molecular weight is 1190 g/mol. The Hall–Kier alpha value is -8.13. The number of ether oxygens (including phenoxy) is 4. The number of amides is 3. The second-order valence-electron chi connectivity index (χ2n) is 19.2. The summed E-state index contributed by atoms with van der Waals surface area (Å²) in [4.78, 5) is 97.2. The van der Waals surface area contributed by atoms with Gasteiger partial charge >= 0.3 is 31.6 Å². The number of hydrogen-bond acceptors (Lipinski definition) is 15. The van der Waals surface area contributed by atoms with Crippen LogP contribution in [0.25, 0.3) is 0 Å². The largest absolute Gasteiger partial charge is 0.461 e. The van der Waals surface area contributed by atoms with E-state index in [1.54, 1.807) is 140 Å². The van der Waals surface area contributed by atoms with E-state index in [1.165, 1.54) is 6.07 Å². The van der Waals surface area contributed by atoms with Crippen LogP contribution in [0.1, 0.15) is 102 Å². The predicted molar refractivity (Wildman–Crippen MR) is 308 cm³/mol. The second kappa shape index (κ2) is 35.8. The van der Waals surface area contributed by atoms with Crippen LogP contribution in [-0.2, 0) is 94.4 Å². The minimum absolute atomic E-state index is 0.0000706. The number of hydrogen-bond donors (Lipinski definition) is 4. The van der Waals surface area contributed by atoms with Gasteiger partial charge in [-0.05, 0) is 72.4 Å². The number of carbonyl (C=O) groups excluding carboxylic acids is 7. The fraction of sp³-hybridized carbons (Fsp3) is 0.323. The minimum Gasteiger partial charge on any atom is -0.461 e. The molecule has 1 aromatic heterocycles. The molecule has 6 rings (SSSR count). The van der Waals surface area contributed by atoms with Crippen LogP contribution in [0.5, 0.6) is 0 Å². The third-order valence-corrected chi connectivity index (χ3v) is 14.5. The molecule has 84 heavy (non-hydrogen) atoms. The summed E-state index contributed by atoms with van der Waals surface area (Å²) in [6.45, 7) is -0.690. The van der Waals surface area contributed by atoms with Gasteiger partial charge in [-0.3, -0.25) is 33.0 Å². The number of carbonyl (C=O) groups is 7. The van der Waals surface area contributed by atoms with Crippen molar-refractivity contribution < 1.29 is 70.5 Å². The molecule has 1 unspecified atom stereocenters. The molecule has 1 heterocycles. The molecule has 0 fully saturated rings. The number of aromatic nitrogens is 1. The van der Waals surface area contributed by atoms with Crippen LogP contribution in [0.2, 0.25) is 5.02 Å². The van der Waals surface area contributed by atoms with E-state index in [4.69, 9.17) is 39.6 Å². The van der Waals surface area contributed by atoms with Gasteiger partial charge in [-0.15, -0.1) is 0 Å². The molecular weight excluding hydrogens is 1120 g/mol. The highest BCUT2D eigenvalue weighted by atomic mass is 35.5. The predicted octanol–water partition coefficient (Wildman–Crippen LogP) is 9.75. The standard InChI is InChI=1S/C62H68ClFN5O14P/c63-51-38-50(39-66-58(51)64)59(73)65-36-18-6-17-31-55(70)68-53(61(75)80-42-47-24-11-3-12-25-47)32-34-56(71)67-52(60(74)79-41-46-22-9-2-10-23-46)30-19-37-82-84(77,83-44-49-28-15-5-16-29-49)69-54(62(76)81-43-48-26-13-4-14-27-48)33-35-57(72)78-40-45-20-7-1-8-21-45/h1-5,7-16,20-29,38-39,52-54H,6,17-19,30-37,40-44H2,(H,65,73)(H,67,71)(H,68,70)(H,69,77)/t52-,53-,54-,84?/m0/s1. The van der Waals surface area contributed by atoms with Crippen LogP contribution in [0.3, 0.4) is 0 Å². The Morgan fingerprint density at radius 1 is 0.500 bits per heavy atom. The summed E-state index contributed by atoms with van der Waals surface area (Å²) in [5.74, 6) is -5.63. The normalized spacial score (nSPS) is 12.7. The van der Waals surface area contributed by atoms with Crippen LogP contribution in [-0.4, -0.2) is 77.9 Å². The first-order chi connectivity index (χ1) is 40.7. The van der Waals surface area contributed by atoms with E-state index < -0.39 is 73.4 Å². The Morgan fingerprint density at radius 2 is 0.940 bits per heavy atom. The monoisotopic (exact) mass is 1190 g/mol. The third kappa shape index (κ3) is 24.4. The Bertz CT molecular complexity index is 3080. The fourth-order valence-electron chi connectivity index (χ4n) is 8.05. The Labute approximate surface area is 492 Å². The summed E-state index contributed by atoms with van der Waals surface area (Å²) in [6, 6.07) is 41.6. The van der Waals surface area contributed by atoms with Crippen molar-refractivity contribution in [2.24, 2.45) is 0 Å². The molecule has 0 spiro atoms. The van der Waals surface area contributed by atoms with Crippen molar-refractivity contribution in [3.05, 3.63) is 208 Å². The van der Waals surface area contributed by atoms with Gasteiger partial charge in [0.2, 0.25) is 17.8 Å². The highest BCUT2D eigenvalue weighted by Crippen LogP contribution is 2.46. The van der Waals surface area contributed by atoms with Gasteiger partial charge in [0.05, 0.1) is 23.8 Å². The van der Waals surface area contributed by atoms with E-state index in [-0.39, 0.29) is 102 Å². The van der Waals surface area contributed by atoms with Crippen molar-refractivity contribution >= 4 is 60.9 Å². The van der Waals surface area contributed by atoms with Gasteiger partial charge in [0, 0.05) is 32.0 Å². The van der Waals surface area contributed by atoms with Gasteiger partial charge in [0.25, 0.3) is 5.91 Å². The first-order valence-corrected chi connectivity index (χ1v) is 29.3.